The summed E-state index contributed by atoms with van der Waals surface area (Å²) in [5.41, 5.74) is 3.07. The highest BCUT2D eigenvalue weighted by Crippen LogP contribution is 2.23. The number of halogens is 2. The van der Waals surface area contributed by atoms with Gasteiger partial charge in [-0.3, -0.25) is 5.10 Å². The van der Waals surface area contributed by atoms with E-state index in [4.69, 9.17) is 0 Å². The predicted molar refractivity (Wildman–Crippen MR) is 88.4 cm³/mol. The first-order valence-corrected chi connectivity index (χ1v) is 6.81. The predicted octanol–water partition coefficient (Wildman–Crippen LogP) is 2.79. The molecular weight excluding hydrogens is 309 g/mol. The summed E-state index contributed by atoms with van der Waals surface area (Å²) < 4.78 is 0. The molecule has 3 rings (SSSR count). The standard InChI is InChI=1S/C14H19N5.2ClH/c1-9-3-4-12(16-10(9)2)14-17-13(18-19-14)11-5-7-15-8-6-11;;/h3-4,11,15H,5-8H2,1-2H3,(H,17,18,19);2*1H. The van der Waals surface area contributed by atoms with E-state index < -0.39 is 0 Å². The molecule has 2 N–H and O–H groups in total. The van der Waals surface area contributed by atoms with Crippen LogP contribution in [0, 0.1) is 13.8 Å². The maximum absolute atomic E-state index is 4.62. The number of aryl methyl sites for hydroxylation is 2. The van der Waals surface area contributed by atoms with Crippen LogP contribution in [0.25, 0.3) is 11.5 Å². The lowest BCUT2D eigenvalue weighted by Gasteiger charge is -2.19. The van der Waals surface area contributed by atoms with Crippen LogP contribution >= 0.6 is 24.8 Å². The van der Waals surface area contributed by atoms with Crippen molar-refractivity contribution in [3.8, 4) is 11.5 Å². The lowest BCUT2D eigenvalue weighted by Crippen LogP contribution is -2.27. The first-order chi connectivity index (χ1) is 9.24. The van der Waals surface area contributed by atoms with Gasteiger partial charge < -0.3 is 5.32 Å². The number of hydrogen-bond acceptors (Lipinski definition) is 4. The molecule has 0 bridgehead atoms. The molecule has 0 unspecified atom stereocenters. The second-order valence-electron chi connectivity index (χ2n) is 5.17. The van der Waals surface area contributed by atoms with Gasteiger partial charge in [0.2, 0.25) is 0 Å². The number of nitrogens with one attached hydrogen (secondary N) is 2. The minimum absolute atomic E-state index is 0. The number of piperidine rings is 1. The number of aromatic amines is 1. The monoisotopic (exact) mass is 329 g/mol. The molecule has 2 aromatic rings. The smallest absolute Gasteiger partial charge is 0.199 e. The molecule has 0 amide bonds. The molecule has 116 valence electrons. The van der Waals surface area contributed by atoms with E-state index in [2.05, 4.69) is 38.5 Å². The summed E-state index contributed by atoms with van der Waals surface area (Å²) in [6, 6.07) is 4.05. The average molecular weight is 330 g/mol. The van der Waals surface area contributed by atoms with Crippen molar-refractivity contribution in [2.45, 2.75) is 32.6 Å². The summed E-state index contributed by atoms with van der Waals surface area (Å²) in [6.45, 7) is 6.19. The molecule has 1 saturated heterocycles. The van der Waals surface area contributed by atoms with Crippen LogP contribution in [0.2, 0.25) is 0 Å². The van der Waals surface area contributed by atoms with Gasteiger partial charge in [-0.25, -0.2) is 9.97 Å². The van der Waals surface area contributed by atoms with Gasteiger partial charge in [-0.2, -0.15) is 5.10 Å². The zero-order valence-corrected chi connectivity index (χ0v) is 13.9. The second kappa shape index (κ2) is 7.73. The van der Waals surface area contributed by atoms with Crippen molar-refractivity contribution in [3.05, 3.63) is 29.2 Å². The Labute approximate surface area is 137 Å². The summed E-state index contributed by atoms with van der Waals surface area (Å²) in [6.07, 6.45) is 2.24. The second-order valence-corrected chi connectivity index (χ2v) is 5.17. The zero-order chi connectivity index (χ0) is 13.2. The molecule has 0 atom stereocenters. The highest BCUT2D eigenvalue weighted by atomic mass is 35.5. The summed E-state index contributed by atoms with van der Waals surface area (Å²) >= 11 is 0. The van der Waals surface area contributed by atoms with Gasteiger partial charge in [0.25, 0.3) is 0 Å². The van der Waals surface area contributed by atoms with Crippen LogP contribution in [0.4, 0.5) is 0 Å². The molecule has 0 saturated carbocycles. The van der Waals surface area contributed by atoms with Crippen molar-refractivity contribution in [1.29, 1.82) is 0 Å². The molecule has 0 radical (unpaired) electrons. The fourth-order valence-corrected chi connectivity index (χ4v) is 2.42. The number of nitrogens with zero attached hydrogens (tertiary/aromatic N) is 3. The Morgan fingerprint density at radius 3 is 2.43 bits per heavy atom. The van der Waals surface area contributed by atoms with E-state index >= 15 is 0 Å². The van der Waals surface area contributed by atoms with E-state index in [0.717, 1.165) is 43.1 Å². The molecule has 1 aliphatic heterocycles. The normalized spacial score (nSPS) is 15.1. The number of H-pyrrole nitrogens is 1. The van der Waals surface area contributed by atoms with Crippen LogP contribution in [-0.2, 0) is 0 Å². The van der Waals surface area contributed by atoms with E-state index in [0.29, 0.717) is 11.7 Å². The lowest BCUT2D eigenvalue weighted by atomic mass is 9.98. The van der Waals surface area contributed by atoms with Crippen molar-refractivity contribution < 1.29 is 0 Å². The molecular formula is C14H21Cl2N5. The van der Waals surface area contributed by atoms with Crippen LogP contribution in [0.5, 0.6) is 0 Å². The topological polar surface area (TPSA) is 66.5 Å². The molecule has 1 fully saturated rings. The van der Waals surface area contributed by atoms with Gasteiger partial charge in [-0.05, 0) is 51.4 Å². The third-order valence-electron chi connectivity index (χ3n) is 3.81. The number of aromatic nitrogens is 4. The molecule has 3 heterocycles. The fourth-order valence-electron chi connectivity index (χ4n) is 2.42. The summed E-state index contributed by atoms with van der Waals surface area (Å²) in [5, 5.41) is 10.8. The minimum atomic E-state index is 0. The fraction of sp³-hybridized carbons (Fsp3) is 0.500. The number of rotatable bonds is 2. The molecule has 1 aliphatic rings. The molecule has 5 nitrogen and oxygen atoms in total. The third kappa shape index (κ3) is 3.93. The van der Waals surface area contributed by atoms with E-state index in [1.54, 1.807) is 0 Å². The van der Waals surface area contributed by atoms with E-state index in [1.807, 2.05) is 13.0 Å². The first-order valence-electron chi connectivity index (χ1n) is 6.81. The van der Waals surface area contributed by atoms with Crippen LogP contribution in [0.1, 0.15) is 35.8 Å². The summed E-state index contributed by atoms with van der Waals surface area (Å²) in [7, 11) is 0. The minimum Gasteiger partial charge on any atom is -0.317 e. The molecule has 0 aromatic carbocycles. The Bertz CT molecular complexity index is 578. The number of hydrogen-bond donors (Lipinski definition) is 2. The Balaban J connectivity index is 0.00000110. The van der Waals surface area contributed by atoms with Gasteiger partial charge in [0, 0.05) is 11.6 Å². The van der Waals surface area contributed by atoms with Gasteiger partial charge in [0.15, 0.2) is 5.82 Å². The molecule has 2 aromatic heterocycles. The molecule has 7 heteroatoms. The zero-order valence-electron chi connectivity index (χ0n) is 12.2. The molecule has 0 aliphatic carbocycles. The van der Waals surface area contributed by atoms with Crippen molar-refractivity contribution >= 4 is 24.8 Å². The number of pyridine rings is 1. The Kier molecular flexibility index (Phi) is 6.58. The van der Waals surface area contributed by atoms with Crippen molar-refractivity contribution in [3.63, 3.8) is 0 Å². The summed E-state index contributed by atoms with van der Waals surface area (Å²) in [5.74, 6) is 2.20. The van der Waals surface area contributed by atoms with Gasteiger partial charge in [0.1, 0.15) is 11.5 Å². The first kappa shape index (κ1) is 17.9. The van der Waals surface area contributed by atoms with E-state index in [-0.39, 0.29) is 24.8 Å². The average Bonchev–Trinajstić information content (AvgIpc) is 2.93. The van der Waals surface area contributed by atoms with E-state index in [1.165, 1.54) is 5.56 Å². The van der Waals surface area contributed by atoms with E-state index in [9.17, 15) is 0 Å². The highest BCUT2D eigenvalue weighted by Gasteiger charge is 2.19. The van der Waals surface area contributed by atoms with Crippen molar-refractivity contribution in [1.82, 2.24) is 25.5 Å². The van der Waals surface area contributed by atoms with Gasteiger partial charge in [0.05, 0.1) is 0 Å². The lowest BCUT2D eigenvalue weighted by molar-refractivity contribution is 0.446. The van der Waals surface area contributed by atoms with Crippen molar-refractivity contribution in [2.75, 3.05) is 13.1 Å². The maximum atomic E-state index is 4.62. The third-order valence-corrected chi connectivity index (χ3v) is 3.81. The van der Waals surface area contributed by atoms with Gasteiger partial charge in [-0.1, -0.05) is 6.07 Å². The molecule has 0 spiro atoms. The van der Waals surface area contributed by atoms with Crippen LogP contribution in [0.3, 0.4) is 0 Å². The molecule has 21 heavy (non-hydrogen) atoms. The highest BCUT2D eigenvalue weighted by molar-refractivity contribution is 5.85. The Hall–Kier alpha value is -1.17. The van der Waals surface area contributed by atoms with Crippen LogP contribution < -0.4 is 5.32 Å². The summed E-state index contributed by atoms with van der Waals surface area (Å²) in [4.78, 5) is 9.16. The SMILES string of the molecule is Cc1ccc(-c2n[nH]c(C3CCNCC3)n2)nc1C.Cl.Cl. The largest absolute Gasteiger partial charge is 0.317 e. The van der Waals surface area contributed by atoms with Crippen LogP contribution in [0.15, 0.2) is 12.1 Å². The van der Waals surface area contributed by atoms with Gasteiger partial charge in [-0.15, -0.1) is 24.8 Å². The van der Waals surface area contributed by atoms with Gasteiger partial charge >= 0.3 is 0 Å². The Morgan fingerprint density at radius 1 is 1.05 bits per heavy atom. The maximum Gasteiger partial charge on any atom is 0.199 e. The quantitative estimate of drug-likeness (QED) is 0.889. The Morgan fingerprint density at radius 2 is 1.76 bits per heavy atom. The van der Waals surface area contributed by atoms with Crippen LogP contribution in [-0.4, -0.2) is 33.3 Å². The van der Waals surface area contributed by atoms with Crippen molar-refractivity contribution in [2.24, 2.45) is 0 Å².